The van der Waals surface area contributed by atoms with Gasteiger partial charge >= 0.3 is 24.1 Å². The summed E-state index contributed by atoms with van der Waals surface area (Å²) >= 11 is 0. The molecule has 57 heavy (non-hydrogen) atoms. The van der Waals surface area contributed by atoms with Gasteiger partial charge in [-0.1, -0.05) is 60.7 Å². The number of aliphatic hydroxyl groups is 2. The minimum Gasteiger partial charge on any atom is -0.480 e. The molecule has 0 aliphatic heterocycles. The number of rotatable bonds is 22. The summed E-state index contributed by atoms with van der Waals surface area (Å²) < 4.78 is 37.4. The largest absolute Gasteiger partial charge is 0.480 e. The first-order valence-corrected chi connectivity index (χ1v) is 18.8. The standard InChI is InChI=1S/C21H33NO7.C20H31NO7/c1-15(23)18(28-13-16-9-7-6-8-10-16)14-27-12-11-17(19(24)26-5)22-20(25)29-21(2,3)4;1-14(22)17(27-12-15-8-6-5-7-9-15)13-26-11-10-16(18(23)24)21-19(25)28-20(2,3)4/h6-10,15,17-18,23H,11-14H2,1-5H3,(H,22,25);5-9,14,16-17,22H,10-13H2,1-4H3,(H,21,25)(H,23,24)/t15-,17-,18+;14-,16-,17+/m00/s1. The molecule has 16 heteroatoms. The van der Waals surface area contributed by atoms with Gasteiger partial charge in [0.15, 0.2) is 0 Å². The number of esters is 1. The summed E-state index contributed by atoms with van der Waals surface area (Å²) in [6, 6.07) is 17.1. The summed E-state index contributed by atoms with van der Waals surface area (Å²) in [6.45, 7) is 14.7. The Morgan fingerprint density at radius 3 is 1.33 bits per heavy atom. The second kappa shape index (κ2) is 26.6. The summed E-state index contributed by atoms with van der Waals surface area (Å²) in [5.74, 6) is -1.77. The van der Waals surface area contributed by atoms with Crippen molar-refractivity contribution in [3.63, 3.8) is 0 Å². The molecule has 6 atom stereocenters. The highest BCUT2D eigenvalue weighted by Crippen LogP contribution is 2.12. The molecule has 16 nitrogen and oxygen atoms in total. The summed E-state index contributed by atoms with van der Waals surface area (Å²) in [6.07, 6.45) is -3.81. The van der Waals surface area contributed by atoms with Crippen molar-refractivity contribution in [1.29, 1.82) is 0 Å². The zero-order valence-corrected chi connectivity index (χ0v) is 34.7. The maximum Gasteiger partial charge on any atom is 0.408 e. The molecular weight excluding hydrogens is 744 g/mol. The van der Waals surface area contributed by atoms with Crippen LogP contribution in [-0.2, 0) is 56.0 Å². The molecule has 0 saturated heterocycles. The van der Waals surface area contributed by atoms with Crippen LogP contribution in [-0.4, -0.2) is 121 Å². The smallest absolute Gasteiger partial charge is 0.408 e. The van der Waals surface area contributed by atoms with Gasteiger partial charge in [0.05, 0.1) is 45.7 Å². The number of carboxylic acids is 1. The number of methoxy groups -OCH3 is 1. The van der Waals surface area contributed by atoms with Gasteiger partial charge in [-0.2, -0.15) is 0 Å². The first-order valence-electron chi connectivity index (χ1n) is 18.8. The highest BCUT2D eigenvalue weighted by molar-refractivity contribution is 5.81. The number of carboxylic acid groups (broad SMARTS) is 1. The fourth-order valence-corrected chi connectivity index (χ4v) is 4.56. The van der Waals surface area contributed by atoms with E-state index in [9.17, 15) is 34.5 Å². The number of amides is 2. The minimum atomic E-state index is -1.18. The number of hydrogen-bond acceptors (Lipinski definition) is 13. The molecule has 2 amide bonds. The van der Waals surface area contributed by atoms with E-state index >= 15 is 0 Å². The SMILES string of the molecule is COC(=O)[C@H](CCOC[C@@H](OCc1ccccc1)[C@H](C)O)NC(=O)OC(C)(C)C.C[C@H](O)[C@@H](COCC[C@H](NC(=O)OC(C)(C)C)C(=O)O)OCc1ccccc1. The molecule has 0 bridgehead atoms. The van der Waals surface area contributed by atoms with E-state index in [0.717, 1.165) is 11.1 Å². The summed E-state index contributed by atoms with van der Waals surface area (Å²) in [5.41, 5.74) is 0.567. The molecule has 322 valence electrons. The molecule has 0 saturated carbocycles. The van der Waals surface area contributed by atoms with Crippen LogP contribution in [0.15, 0.2) is 60.7 Å². The Hall–Kier alpha value is -4.32. The molecule has 0 radical (unpaired) electrons. The molecule has 0 heterocycles. The van der Waals surface area contributed by atoms with Gasteiger partial charge in [0.25, 0.3) is 0 Å². The van der Waals surface area contributed by atoms with Gasteiger partial charge in [0.1, 0.15) is 35.5 Å². The third-order valence-corrected chi connectivity index (χ3v) is 7.52. The van der Waals surface area contributed by atoms with E-state index in [2.05, 4.69) is 10.6 Å². The van der Waals surface area contributed by atoms with Gasteiger partial charge in [-0.15, -0.1) is 0 Å². The lowest BCUT2D eigenvalue weighted by atomic mass is 10.2. The normalized spacial score (nSPS) is 14.6. The van der Waals surface area contributed by atoms with Crippen LogP contribution in [0.4, 0.5) is 9.59 Å². The van der Waals surface area contributed by atoms with Crippen molar-refractivity contribution >= 4 is 24.1 Å². The zero-order chi connectivity index (χ0) is 43.0. The molecule has 0 aliphatic rings. The summed E-state index contributed by atoms with van der Waals surface area (Å²) in [7, 11) is 1.24. The van der Waals surface area contributed by atoms with E-state index in [1.807, 2.05) is 60.7 Å². The predicted octanol–water partition coefficient (Wildman–Crippen LogP) is 4.76. The lowest BCUT2D eigenvalue weighted by Gasteiger charge is -2.23. The molecule has 0 spiro atoms. The van der Waals surface area contributed by atoms with Crippen LogP contribution < -0.4 is 10.6 Å². The highest BCUT2D eigenvalue weighted by Gasteiger charge is 2.26. The molecular formula is C41H64N2O14. The maximum absolute atomic E-state index is 11.9. The van der Waals surface area contributed by atoms with Crippen molar-refractivity contribution in [2.45, 2.75) is 129 Å². The Balaban J connectivity index is 0.000000570. The van der Waals surface area contributed by atoms with Crippen LogP contribution in [0, 0.1) is 0 Å². The van der Waals surface area contributed by atoms with Gasteiger partial charge < -0.3 is 59.1 Å². The van der Waals surface area contributed by atoms with Crippen LogP contribution in [0.3, 0.4) is 0 Å². The molecule has 2 aromatic rings. The van der Waals surface area contributed by atoms with Crippen LogP contribution in [0.1, 0.15) is 79.4 Å². The summed E-state index contributed by atoms with van der Waals surface area (Å²) in [4.78, 5) is 46.8. The number of ether oxygens (including phenoxy) is 7. The third kappa shape index (κ3) is 24.8. The van der Waals surface area contributed by atoms with Gasteiger partial charge in [-0.05, 0) is 66.5 Å². The molecule has 2 rings (SSSR count). The van der Waals surface area contributed by atoms with Gasteiger partial charge in [-0.3, -0.25) is 0 Å². The van der Waals surface area contributed by atoms with Crippen LogP contribution in [0.2, 0.25) is 0 Å². The Kier molecular flexibility index (Phi) is 23.6. The molecule has 0 unspecified atom stereocenters. The third-order valence-electron chi connectivity index (χ3n) is 7.52. The van der Waals surface area contributed by atoms with Crippen molar-refractivity contribution < 1.29 is 67.7 Å². The average Bonchev–Trinajstić information content (AvgIpc) is 3.12. The number of aliphatic carboxylic acids is 1. The number of carbonyl (C=O) groups excluding carboxylic acids is 3. The lowest BCUT2D eigenvalue weighted by molar-refractivity contribution is -0.144. The molecule has 5 N–H and O–H groups in total. The quantitative estimate of drug-likeness (QED) is 0.0616. The van der Waals surface area contributed by atoms with Gasteiger partial charge in [0, 0.05) is 26.1 Å². The number of aliphatic hydroxyl groups excluding tert-OH is 2. The summed E-state index contributed by atoms with van der Waals surface area (Å²) in [5, 5.41) is 33.8. The number of hydrogen-bond donors (Lipinski definition) is 5. The Morgan fingerprint density at radius 2 is 1.00 bits per heavy atom. The van der Waals surface area contributed by atoms with E-state index in [0.29, 0.717) is 13.2 Å². The van der Waals surface area contributed by atoms with E-state index in [1.165, 1.54) is 7.11 Å². The second-order valence-corrected chi connectivity index (χ2v) is 15.1. The van der Waals surface area contributed by atoms with Crippen molar-refractivity contribution in [2.75, 3.05) is 33.5 Å². The lowest BCUT2D eigenvalue weighted by Crippen LogP contribution is -2.44. The fourth-order valence-electron chi connectivity index (χ4n) is 4.56. The van der Waals surface area contributed by atoms with Crippen molar-refractivity contribution in [1.82, 2.24) is 10.6 Å². The number of benzene rings is 2. The van der Waals surface area contributed by atoms with Crippen LogP contribution >= 0.6 is 0 Å². The zero-order valence-electron chi connectivity index (χ0n) is 34.7. The van der Waals surface area contributed by atoms with E-state index < -0.39 is 71.8 Å². The van der Waals surface area contributed by atoms with Gasteiger partial charge in [0.2, 0.25) is 0 Å². The molecule has 2 aromatic carbocycles. The van der Waals surface area contributed by atoms with Crippen molar-refractivity contribution in [2.24, 2.45) is 0 Å². The van der Waals surface area contributed by atoms with E-state index in [-0.39, 0.29) is 39.3 Å². The predicted molar refractivity (Wildman–Crippen MR) is 210 cm³/mol. The van der Waals surface area contributed by atoms with Crippen LogP contribution in [0.5, 0.6) is 0 Å². The van der Waals surface area contributed by atoms with Gasteiger partial charge in [-0.25, -0.2) is 19.2 Å². The monoisotopic (exact) mass is 808 g/mol. The topological polar surface area (TPSA) is 218 Å². The first kappa shape index (κ1) is 50.7. The Bertz CT molecular complexity index is 1430. The van der Waals surface area contributed by atoms with Crippen LogP contribution in [0.25, 0.3) is 0 Å². The fraction of sp³-hybridized carbons (Fsp3) is 0.610. The van der Waals surface area contributed by atoms with E-state index in [1.54, 1.807) is 55.4 Å². The van der Waals surface area contributed by atoms with Crippen molar-refractivity contribution in [3.8, 4) is 0 Å². The number of alkyl carbamates (subject to hydrolysis) is 2. The molecule has 0 aromatic heterocycles. The van der Waals surface area contributed by atoms with Crippen molar-refractivity contribution in [3.05, 3.63) is 71.8 Å². The average molecular weight is 809 g/mol. The second-order valence-electron chi connectivity index (χ2n) is 15.1. The highest BCUT2D eigenvalue weighted by atomic mass is 16.6. The Morgan fingerprint density at radius 1 is 0.632 bits per heavy atom. The maximum atomic E-state index is 11.9. The molecule has 0 fully saturated rings. The number of carbonyl (C=O) groups is 4. The number of nitrogens with one attached hydrogen (secondary N) is 2. The Labute approximate surface area is 336 Å². The first-order chi connectivity index (χ1) is 26.7. The minimum absolute atomic E-state index is 0.0553. The molecule has 0 aliphatic carbocycles. The van der Waals surface area contributed by atoms with E-state index in [4.69, 9.17) is 33.2 Å².